The summed E-state index contributed by atoms with van der Waals surface area (Å²) < 4.78 is 6.54. The molecule has 0 amide bonds. The molecule has 1 N–H and O–H groups in total. The number of hydrogen-bond acceptors (Lipinski definition) is 6. The molecule has 0 aromatic carbocycles. The third-order valence-corrected chi connectivity index (χ3v) is 1.63. The van der Waals surface area contributed by atoms with E-state index in [1.165, 1.54) is 0 Å². The summed E-state index contributed by atoms with van der Waals surface area (Å²) in [5.41, 5.74) is 0. The van der Waals surface area contributed by atoms with Gasteiger partial charge in [0, 0.05) is 0 Å². The molecule has 0 saturated heterocycles. The zero-order valence-electron chi connectivity index (χ0n) is 5.65. The Labute approximate surface area is 69.3 Å². The average Bonchev–Trinajstić information content (AvgIpc) is 1.96. The monoisotopic (exact) mass is 215 g/mol. The van der Waals surface area contributed by atoms with Crippen LogP contribution in [0.15, 0.2) is 0 Å². The number of rotatable bonds is 6. The Kier molecular flexibility index (Phi) is 4.46. The Balaban J connectivity index is 3.47. The van der Waals surface area contributed by atoms with E-state index in [2.05, 4.69) is 9.05 Å². The lowest BCUT2D eigenvalue weighted by Crippen LogP contribution is -2.24. The van der Waals surface area contributed by atoms with Gasteiger partial charge in [0.05, 0.1) is 4.91 Å². The van der Waals surface area contributed by atoms with Crippen molar-refractivity contribution < 1.29 is 28.5 Å². The first-order valence-corrected chi connectivity index (χ1v) is 4.92. The Hall–Kier alpha value is -1.57. The van der Waals surface area contributed by atoms with Gasteiger partial charge in [-0.25, -0.2) is 0 Å². The molecular weight excluding hydrogens is 210 g/mol. The van der Waals surface area contributed by atoms with Crippen molar-refractivity contribution in [2.45, 2.75) is 0 Å². The molecule has 12 heavy (non-hydrogen) atoms. The van der Waals surface area contributed by atoms with Crippen molar-refractivity contribution in [3.63, 3.8) is 0 Å². The van der Waals surface area contributed by atoms with Crippen LogP contribution < -0.4 is 0 Å². The van der Waals surface area contributed by atoms with E-state index in [0.29, 0.717) is 0 Å². The molecule has 10 nitrogen and oxygen atoms in total. The molecule has 12 heteroatoms. The van der Waals surface area contributed by atoms with Gasteiger partial charge >= 0.3 is 24.9 Å². The second kappa shape index (κ2) is 5.13. The summed E-state index contributed by atoms with van der Waals surface area (Å²) in [6.45, 7) is 0. The molecule has 0 bridgehead atoms. The molecule has 0 fully saturated rings. The van der Waals surface area contributed by atoms with E-state index in [1.807, 2.05) is 0 Å². The summed E-state index contributed by atoms with van der Waals surface area (Å²) >= 11 is 0. The number of nitrogens with zero attached hydrogens (tertiary/aromatic N) is 3. The predicted octanol–water partition coefficient (Wildman–Crippen LogP) is -2.93. The third-order valence-electron chi connectivity index (χ3n) is 0.542. The Morgan fingerprint density at radius 2 is 1.67 bits per heavy atom. The summed E-state index contributed by atoms with van der Waals surface area (Å²) in [6.07, 6.45) is 0. The maximum atomic E-state index is 10.2. The van der Waals surface area contributed by atoms with E-state index in [-0.39, 0.29) is 0 Å². The minimum atomic E-state index is -2.22. The molecular formula is H5N3O7Si2+2. The minimum absolute atomic E-state index is 0.525. The lowest BCUT2D eigenvalue weighted by molar-refractivity contribution is -0.945. The smallest absolute Gasteiger partial charge is 0.286 e. The van der Waals surface area contributed by atoms with Gasteiger partial charge in [-0.3, -0.25) is 15.3 Å². The van der Waals surface area contributed by atoms with E-state index < -0.39 is 34.1 Å². The fourth-order valence-corrected chi connectivity index (χ4v) is 0.908. The van der Waals surface area contributed by atoms with Crippen LogP contribution in [-0.2, 0) is 9.05 Å². The quantitative estimate of drug-likeness (QED) is 0.286. The Morgan fingerprint density at radius 1 is 1.17 bits per heavy atom. The zero-order chi connectivity index (χ0) is 9.56. The first kappa shape index (κ1) is 10.4. The largest absolute Gasteiger partial charge is 0.731 e. The van der Waals surface area contributed by atoms with E-state index in [1.54, 1.807) is 0 Å². The first-order chi connectivity index (χ1) is 5.52. The molecule has 0 aliphatic rings. The van der Waals surface area contributed by atoms with E-state index in [4.69, 9.17) is 5.21 Å². The maximum absolute atomic E-state index is 10.2. The molecule has 0 saturated carbocycles. The summed E-state index contributed by atoms with van der Waals surface area (Å²) in [6, 6.07) is 0. The van der Waals surface area contributed by atoms with Crippen LogP contribution in [0.5, 0.6) is 0 Å². The second-order valence-electron chi connectivity index (χ2n) is 1.42. The molecule has 0 atom stereocenters. The van der Waals surface area contributed by atoms with E-state index in [9.17, 15) is 19.9 Å². The summed E-state index contributed by atoms with van der Waals surface area (Å²) in [7, 11) is -4.34. The van der Waals surface area contributed by atoms with Crippen LogP contribution in [-0.4, -0.2) is 39.3 Å². The minimum Gasteiger partial charge on any atom is -0.286 e. The van der Waals surface area contributed by atoms with E-state index >= 15 is 0 Å². The lowest BCUT2D eigenvalue weighted by atomic mass is 13.1. The molecule has 0 heterocycles. The number of hydrogen-bond donors (Lipinski definition) is 1. The standard InChI is InChI=1S/H5N3O7Si2/c4-1(5)11-9-3(8)10-12-2(6)7/h11-12H2,(H,4,5)/q+2. The maximum Gasteiger partial charge on any atom is 0.731 e. The van der Waals surface area contributed by atoms with Gasteiger partial charge in [0.25, 0.3) is 0 Å². The summed E-state index contributed by atoms with van der Waals surface area (Å²) in [5, 5.41) is 17.1. The fourth-order valence-electron chi connectivity index (χ4n) is 0.228. The molecule has 0 aromatic heterocycles. The van der Waals surface area contributed by atoms with Crippen LogP contribution in [0.1, 0.15) is 0 Å². The highest BCUT2D eigenvalue weighted by Crippen LogP contribution is 1.77. The number of nitro groups is 1. The third kappa shape index (κ3) is 6.55. The normalized spacial score (nSPS) is 10.7. The molecule has 0 spiro atoms. The first-order valence-electron chi connectivity index (χ1n) is 2.51. The van der Waals surface area contributed by atoms with Crippen LogP contribution in [0, 0.1) is 19.9 Å². The van der Waals surface area contributed by atoms with Gasteiger partial charge in [0.15, 0.2) is 4.59 Å². The van der Waals surface area contributed by atoms with Crippen molar-refractivity contribution in [1.82, 2.24) is 0 Å². The predicted molar refractivity (Wildman–Crippen MR) is 35.3 cm³/mol. The highest BCUT2D eigenvalue weighted by atomic mass is 28.2. The van der Waals surface area contributed by atoms with Crippen LogP contribution in [0.2, 0.25) is 0 Å². The summed E-state index contributed by atoms with van der Waals surface area (Å²) in [5.74, 6) is 0. The lowest BCUT2D eigenvalue weighted by Gasteiger charge is -1.83. The SMILES string of the molecule is O=[N+](O[SiH2][N+](=O)[O-])O[SiH2][N+](=O)O. The van der Waals surface area contributed by atoms with Gasteiger partial charge in [-0.05, 0) is 4.59 Å². The van der Waals surface area contributed by atoms with Crippen molar-refractivity contribution in [3.05, 3.63) is 19.9 Å². The van der Waals surface area contributed by atoms with Gasteiger partial charge in [-0.15, -0.1) is 0 Å². The zero-order valence-corrected chi connectivity index (χ0v) is 8.48. The molecule has 0 radical (unpaired) electrons. The van der Waals surface area contributed by atoms with Gasteiger partial charge < -0.3 is 0 Å². The molecule has 0 rings (SSSR count). The van der Waals surface area contributed by atoms with Gasteiger partial charge in [-0.1, -0.05) is 0 Å². The van der Waals surface area contributed by atoms with Crippen LogP contribution in [0.3, 0.4) is 0 Å². The van der Waals surface area contributed by atoms with Gasteiger partial charge in [0.2, 0.25) is 0 Å². The van der Waals surface area contributed by atoms with Gasteiger partial charge in [-0.2, -0.15) is 9.05 Å². The second-order valence-corrected chi connectivity index (χ2v) is 3.52. The molecule has 0 aliphatic heterocycles. The van der Waals surface area contributed by atoms with Crippen molar-refractivity contribution >= 4 is 19.8 Å². The molecule has 0 aliphatic carbocycles. The molecule has 0 unspecified atom stereocenters. The van der Waals surface area contributed by atoms with E-state index in [0.717, 1.165) is 0 Å². The van der Waals surface area contributed by atoms with Crippen molar-refractivity contribution in [3.8, 4) is 0 Å². The van der Waals surface area contributed by atoms with Crippen molar-refractivity contribution in [2.24, 2.45) is 0 Å². The topological polar surface area (TPSA) is 122 Å². The van der Waals surface area contributed by atoms with Gasteiger partial charge in [0.1, 0.15) is 4.91 Å². The van der Waals surface area contributed by atoms with Crippen LogP contribution >= 0.6 is 0 Å². The highest BCUT2D eigenvalue weighted by molar-refractivity contribution is 6.15. The Morgan fingerprint density at radius 3 is 2.08 bits per heavy atom. The highest BCUT2D eigenvalue weighted by Gasteiger charge is 2.25. The molecule has 0 aromatic rings. The average molecular weight is 215 g/mol. The van der Waals surface area contributed by atoms with Crippen LogP contribution in [0.25, 0.3) is 0 Å². The fraction of sp³-hybridized carbons (Fsp3) is 0. The Bertz CT molecular complexity index is 181. The van der Waals surface area contributed by atoms with Crippen molar-refractivity contribution in [2.75, 3.05) is 0 Å². The summed E-state index contributed by atoms with van der Waals surface area (Å²) in [4.78, 5) is 29.6. The van der Waals surface area contributed by atoms with Crippen molar-refractivity contribution in [1.29, 1.82) is 0 Å². The van der Waals surface area contributed by atoms with Crippen LogP contribution in [0.4, 0.5) is 0 Å². The molecule has 68 valence electrons.